The van der Waals surface area contributed by atoms with Crippen LogP contribution in [0.3, 0.4) is 0 Å². The first-order chi connectivity index (χ1) is 12.6. The second-order valence-corrected chi connectivity index (χ2v) is 7.29. The molecule has 1 aliphatic heterocycles. The number of hydrogen-bond donors (Lipinski definition) is 0. The summed E-state index contributed by atoms with van der Waals surface area (Å²) in [4.78, 5) is 26.3. The van der Waals surface area contributed by atoms with Crippen LogP contribution >= 0.6 is 23.4 Å². The molecule has 2 heterocycles. The van der Waals surface area contributed by atoms with Gasteiger partial charge in [-0.2, -0.15) is 0 Å². The fraction of sp³-hybridized carbons (Fsp3) is 0.158. The highest BCUT2D eigenvalue weighted by Gasteiger charge is 2.35. The number of methoxy groups -OCH3 is 1. The molecule has 1 atom stereocenters. The minimum atomic E-state index is -0.450. The first-order valence-electron chi connectivity index (χ1n) is 7.88. The number of nitrogens with zero attached hydrogens (tertiary/aromatic N) is 1. The molecular formula is C19H14ClNO4S. The summed E-state index contributed by atoms with van der Waals surface area (Å²) in [6, 6.07) is 13.8. The number of hydrogen-bond acceptors (Lipinski definition) is 5. The second-order valence-electron chi connectivity index (χ2n) is 5.79. The molecule has 0 saturated carbocycles. The zero-order valence-corrected chi connectivity index (χ0v) is 15.3. The molecule has 132 valence electrons. The molecule has 1 amide bonds. The van der Waals surface area contributed by atoms with Crippen molar-refractivity contribution < 1.29 is 13.9 Å². The quantitative estimate of drug-likeness (QED) is 0.629. The number of amides is 1. The van der Waals surface area contributed by atoms with Gasteiger partial charge in [-0.25, -0.2) is 4.79 Å². The lowest BCUT2D eigenvalue weighted by Gasteiger charge is -2.25. The number of ether oxygens (including phenoxy) is 1. The van der Waals surface area contributed by atoms with Crippen LogP contribution in [0.25, 0.3) is 11.0 Å². The lowest BCUT2D eigenvalue weighted by atomic mass is 10.1. The SMILES string of the molecule is COc1ccc2oc(=O)cc(C3SCC(=O)N3c3ccc(Cl)cc3)c2c1. The van der Waals surface area contributed by atoms with E-state index in [1.54, 1.807) is 48.4 Å². The Balaban J connectivity index is 1.88. The number of carbonyl (C=O) groups excluding carboxylic acids is 1. The van der Waals surface area contributed by atoms with Gasteiger partial charge in [-0.05, 0) is 42.5 Å². The summed E-state index contributed by atoms with van der Waals surface area (Å²) in [6.45, 7) is 0. The van der Waals surface area contributed by atoms with E-state index in [-0.39, 0.29) is 11.3 Å². The van der Waals surface area contributed by atoms with Crippen molar-refractivity contribution in [3.63, 3.8) is 0 Å². The van der Waals surface area contributed by atoms with Gasteiger partial charge in [0.25, 0.3) is 0 Å². The minimum Gasteiger partial charge on any atom is -0.497 e. The number of benzene rings is 2. The van der Waals surface area contributed by atoms with Crippen molar-refractivity contribution in [2.24, 2.45) is 0 Å². The summed E-state index contributed by atoms with van der Waals surface area (Å²) in [7, 11) is 1.58. The Bertz CT molecular complexity index is 1050. The van der Waals surface area contributed by atoms with Crippen molar-refractivity contribution in [3.05, 3.63) is 69.5 Å². The zero-order valence-electron chi connectivity index (χ0n) is 13.8. The number of anilines is 1. The van der Waals surface area contributed by atoms with E-state index in [0.717, 1.165) is 16.6 Å². The van der Waals surface area contributed by atoms with Gasteiger partial charge in [0.2, 0.25) is 5.91 Å². The molecule has 0 spiro atoms. The van der Waals surface area contributed by atoms with E-state index in [9.17, 15) is 9.59 Å². The van der Waals surface area contributed by atoms with Crippen molar-refractivity contribution in [2.45, 2.75) is 5.37 Å². The van der Waals surface area contributed by atoms with E-state index in [0.29, 0.717) is 22.1 Å². The molecular weight excluding hydrogens is 374 g/mol. The topological polar surface area (TPSA) is 59.8 Å². The summed E-state index contributed by atoms with van der Waals surface area (Å²) in [6.07, 6.45) is 0. The second kappa shape index (κ2) is 6.70. The third kappa shape index (κ3) is 2.95. The van der Waals surface area contributed by atoms with E-state index >= 15 is 0 Å². The van der Waals surface area contributed by atoms with Crippen LogP contribution in [0.2, 0.25) is 5.02 Å². The van der Waals surface area contributed by atoms with Crippen molar-refractivity contribution in [1.82, 2.24) is 0 Å². The summed E-state index contributed by atoms with van der Waals surface area (Å²) < 4.78 is 10.6. The van der Waals surface area contributed by atoms with Crippen LogP contribution < -0.4 is 15.3 Å². The Kier molecular flexibility index (Phi) is 4.38. The van der Waals surface area contributed by atoms with Crippen LogP contribution in [0.4, 0.5) is 5.69 Å². The molecule has 1 unspecified atom stereocenters. The van der Waals surface area contributed by atoms with Gasteiger partial charge in [0, 0.05) is 27.7 Å². The Labute approximate surface area is 158 Å². The van der Waals surface area contributed by atoms with E-state index in [2.05, 4.69) is 0 Å². The highest BCUT2D eigenvalue weighted by atomic mass is 35.5. The van der Waals surface area contributed by atoms with Gasteiger partial charge in [-0.15, -0.1) is 11.8 Å². The molecule has 1 fully saturated rings. The Morgan fingerprint density at radius 3 is 2.65 bits per heavy atom. The average Bonchev–Trinajstić information content (AvgIpc) is 3.02. The summed E-state index contributed by atoms with van der Waals surface area (Å²) in [5, 5.41) is 1.01. The molecule has 0 N–H and O–H groups in total. The van der Waals surface area contributed by atoms with Crippen LogP contribution in [-0.2, 0) is 4.79 Å². The first-order valence-corrected chi connectivity index (χ1v) is 9.30. The predicted molar refractivity (Wildman–Crippen MR) is 103 cm³/mol. The first kappa shape index (κ1) is 17.0. The molecule has 1 aliphatic rings. The average molecular weight is 388 g/mol. The predicted octanol–water partition coefficient (Wildman–Crippen LogP) is 4.23. The molecule has 5 nitrogen and oxygen atoms in total. The molecule has 1 aromatic heterocycles. The minimum absolute atomic E-state index is 0.0217. The van der Waals surface area contributed by atoms with E-state index in [1.807, 2.05) is 6.07 Å². The number of carbonyl (C=O) groups is 1. The fourth-order valence-corrected chi connectivity index (χ4v) is 4.36. The molecule has 1 saturated heterocycles. The van der Waals surface area contributed by atoms with Crippen molar-refractivity contribution in [1.29, 1.82) is 0 Å². The summed E-state index contributed by atoms with van der Waals surface area (Å²) in [5.41, 5.74) is 1.47. The Hall–Kier alpha value is -2.44. The third-order valence-corrected chi connectivity index (χ3v) is 5.67. The highest BCUT2D eigenvalue weighted by molar-refractivity contribution is 8.00. The maximum Gasteiger partial charge on any atom is 0.336 e. The van der Waals surface area contributed by atoms with E-state index in [1.165, 1.54) is 17.8 Å². The number of halogens is 1. The molecule has 0 aliphatic carbocycles. The Morgan fingerprint density at radius 1 is 1.15 bits per heavy atom. The normalized spacial score (nSPS) is 17.1. The van der Waals surface area contributed by atoms with Gasteiger partial charge in [0.15, 0.2) is 0 Å². The maximum absolute atomic E-state index is 12.5. The number of rotatable bonds is 3. The molecule has 26 heavy (non-hydrogen) atoms. The Morgan fingerprint density at radius 2 is 1.92 bits per heavy atom. The van der Waals surface area contributed by atoms with Gasteiger partial charge >= 0.3 is 5.63 Å². The molecule has 3 aromatic rings. The van der Waals surface area contributed by atoms with E-state index < -0.39 is 5.63 Å². The fourth-order valence-electron chi connectivity index (χ4n) is 3.03. The standard InChI is InChI=1S/C19H14ClNO4S/c1-24-13-6-7-16-14(8-13)15(9-18(23)25-16)19-21(17(22)10-26-19)12-4-2-11(20)3-5-12/h2-9,19H,10H2,1H3. The molecule has 2 aromatic carbocycles. The monoisotopic (exact) mass is 387 g/mol. The van der Waals surface area contributed by atoms with Crippen LogP contribution in [0, 0.1) is 0 Å². The molecule has 0 bridgehead atoms. The largest absolute Gasteiger partial charge is 0.497 e. The molecule has 4 rings (SSSR count). The highest BCUT2D eigenvalue weighted by Crippen LogP contribution is 2.44. The lowest BCUT2D eigenvalue weighted by molar-refractivity contribution is -0.115. The lowest BCUT2D eigenvalue weighted by Crippen LogP contribution is -2.28. The summed E-state index contributed by atoms with van der Waals surface area (Å²) in [5.74, 6) is 0.963. The van der Waals surface area contributed by atoms with Gasteiger partial charge < -0.3 is 9.15 Å². The van der Waals surface area contributed by atoms with Gasteiger partial charge in [-0.1, -0.05) is 11.6 Å². The van der Waals surface area contributed by atoms with Crippen LogP contribution in [-0.4, -0.2) is 18.8 Å². The summed E-state index contributed by atoms with van der Waals surface area (Å²) >= 11 is 7.43. The van der Waals surface area contributed by atoms with Gasteiger partial charge in [0.05, 0.1) is 12.9 Å². The smallest absolute Gasteiger partial charge is 0.336 e. The number of fused-ring (bicyclic) bond motifs is 1. The zero-order chi connectivity index (χ0) is 18.3. The van der Waals surface area contributed by atoms with Gasteiger partial charge in [-0.3, -0.25) is 9.69 Å². The van der Waals surface area contributed by atoms with Crippen LogP contribution in [0.15, 0.2) is 57.7 Å². The van der Waals surface area contributed by atoms with Crippen molar-refractivity contribution >= 4 is 45.9 Å². The maximum atomic E-state index is 12.5. The van der Waals surface area contributed by atoms with E-state index in [4.69, 9.17) is 20.8 Å². The molecule has 0 radical (unpaired) electrons. The molecule has 7 heteroatoms. The third-order valence-electron chi connectivity index (χ3n) is 4.22. The van der Waals surface area contributed by atoms with Crippen LogP contribution in [0.5, 0.6) is 5.75 Å². The van der Waals surface area contributed by atoms with Crippen molar-refractivity contribution in [2.75, 3.05) is 17.8 Å². The number of thioether (sulfide) groups is 1. The van der Waals surface area contributed by atoms with Crippen molar-refractivity contribution in [3.8, 4) is 5.75 Å². The van der Waals surface area contributed by atoms with Gasteiger partial charge in [0.1, 0.15) is 16.7 Å². The van der Waals surface area contributed by atoms with Crippen LogP contribution in [0.1, 0.15) is 10.9 Å².